The number of aromatic nitrogens is 1. The van der Waals surface area contributed by atoms with Gasteiger partial charge in [0.25, 0.3) is 5.91 Å². The third kappa shape index (κ3) is 4.81. The molecule has 0 radical (unpaired) electrons. The second kappa shape index (κ2) is 8.62. The summed E-state index contributed by atoms with van der Waals surface area (Å²) in [5.41, 5.74) is 2.83. The van der Waals surface area contributed by atoms with Crippen molar-refractivity contribution in [1.82, 2.24) is 15.2 Å². The van der Waals surface area contributed by atoms with Crippen LogP contribution in [0.5, 0.6) is 0 Å². The van der Waals surface area contributed by atoms with Crippen molar-refractivity contribution in [2.75, 3.05) is 13.1 Å². The first-order valence-electron chi connectivity index (χ1n) is 8.75. The minimum absolute atomic E-state index is 0.108. The van der Waals surface area contributed by atoms with E-state index >= 15 is 0 Å². The number of aryl methyl sites for hydroxylation is 1. The summed E-state index contributed by atoms with van der Waals surface area (Å²) in [5.74, 6) is -1.10. The lowest BCUT2D eigenvalue weighted by molar-refractivity contribution is -0.121. The average molecular weight is 373 g/mol. The summed E-state index contributed by atoms with van der Waals surface area (Å²) in [4.78, 5) is 41.1. The third-order valence-corrected chi connectivity index (χ3v) is 4.41. The van der Waals surface area contributed by atoms with Gasteiger partial charge in [0, 0.05) is 24.3 Å². The van der Waals surface area contributed by atoms with Crippen molar-refractivity contribution >= 4 is 17.6 Å². The highest BCUT2D eigenvalue weighted by atomic mass is 19.1. The van der Waals surface area contributed by atoms with Gasteiger partial charge in [-0.2, -0.15) is 0 Å². The molecule has 144 valence electrons. The number of aromatic amines is 1. The summed E-state index contributed by atoms with van der Waals surface area (Å²) in [7, 11) is 0. The van der Waals surface area contributed by atoms with Gasteiger partial charge >= 0.3 is 0 Å². The molecule has 1 heterocycles. The monoisotopic (exact) mass is 373 g/mol. The van der Waals surface area contributed by atoms with Crippen LogP contribution in [0.2, 0.25) is 0 Å². The van der Waals surface area contributed by atoms with E-state index in [4.69, 9.17) is 0 Å². The minimum atomic E-state index is -0.339. The molecule has 27 heavy (non-hydrogen) atoms. The molecule has 6 nitrogen and oxygen atoms in total. The van der Waals surface area contributed by atoms with Crippen molar-refractivity contribution in [2.45, 2.75) is 34.2 Å². The summed E-state index contributed by atoms with van der Waals surface area (Å²) in [6.07, 6.45) is 0. The van der Waals surface area contributed by atoms with Crippen molar-refractivity contribution in [3.63, 3.8) is 0 Å². The van der Waals surface area contributed by atoms with Gasteiger partial charge in [0.1, 0.15) is 11.5 Å². The average Bonchev–Trinajstić information content (AvgIpc) is 2.93. The standard InChI is InChI=1S/C20H24FN3O3/c1-5-24(11-17(26)22-10-15-6-8-16(21)9-7-15)20(27)19-12(2)18(14(4)25)13(3)23-19/h6-9,23H,5,10-11H2,1-4H3,(H,22,26). The number of ketones is 1. The second-order valence-electron chi connectivity index (χ2n) is 6.40. The van der Waals surface area contributed by atoms with E-state index < -0.39 is 0 Å². The van der Waals surface area contributed by atoms with E-state index in [-0.39, 0.29) is 36.5 Å². The van der Waals surface area contributed by atoms with E-state index in [1.54, 1.807) is 32.9 Å². The molecule has 0 fully saturated rings. The topological polar surface area (TPSA) is 82.3 Å². The Kier molecular flexibility index (Phi) is 6.50. The number of amides is 2. The fourth-order valence-electron chi connectivity index (χ4n) is 3.01. The molecule has 2 aromatic rings. The molecule has 0 aliphatic heterocycles. The van der Waals surface area contributed by atoms with Crippen LogP contribution in [0, 0.1) is 19.7 Å². The SMILES string of the molecule is CCN(CC(=O)NCc1ccc(F)cc1)C(=O)c1[nH]c(C)c(C(C)=O)c1C. The zero-order chi connectivity index (χ0) is 20.1. The van der Waals surface area contributed by atoms with Crippen molar-refractivity contribution < 1.29 is 18.8 Å². The molecule has 0 saturated heterocycles. The van der Waals surface area contributed by atoms with Crippen molar-refractivity contribution in [2.24, 2.45) is 0 Å². The number of nitrogens with one attached hydrogen (secondary N) is 2. The van der Waals surface area contributed by atoms with Gasteiger partial charge in [0.05, 0.1) is 6.54 Å². The van der Waals surface area contributed by atoms with E-state index in [2.05, 4.69) is 10.3 Å². The largest absolute Gasteiger partial charge is 0.354 e. The molecule has 0 bridgehead atoms. The van der Waals surface area contributed by atoms with Crippen LogP contribution in [-0.2, 0) is 11.3 Å². The van der Waals surface area contributed by atoms with Crippen LogP contribution in [0.4, 0.5) is 4.39 Å². The number of benzene rings is 1. The van der Waals surface area contributed by atoms with Gasteiger partial charge in [-0.1, -0.05) is 12.1 Å². The van der Waals surface area contributed by atoms with E-state index in [9.17, 15) is 18.8 Å². The summed E-state index contributed by atoms with van der Waals surface area (Å²) < 4.78 is 12.9. The molecule has 2 N–H and O–H groups in total. The van der Waals surface area contributed by atoms with Crippen LogP contribution in [0.1, 0.15) is 51.5 Å². The maximum absolute atomic E-state index is 12.9. The van der Waals surface area contributed by atoms with Gasteiger partial charge in [-0.05, 0) is 51.0 Å². The summed E-state index contributed by atoms with van der Waals surface area (Å²) in [5, 5.41) is 2.72. The quantitative estimate of drug-likeness (QED) is 0.732. The first-order valence-corrected chi connectivity index (χ1v) is 8.75. The van der Waals surface area contributed by atoms with Crippen LogP contribution in [0.25, 0.3) is 0 Å². The fourth-order valence-corrected chi connectivity index (χ4v) is 3.01. The number of carbonyl (C=O) groups excluding carboxylic acids is 3. The number of rotatable bonds is 7. The molecule has 0 unspecified atom stereocenters. The Morgan fingerprint density at radius 2 is 1.78 bits per heavy atom. The lowest BCUT2D eigenvalue weighted by atomic mass is 10.1. The maximum Gasteiger partial charge on any atom is 0.271 e. The lowest BCUT2D eigenvalue weighted by Gasteiger charge is -2.20. The van der Waals surface area contributed by atoms with E-state index in [1.807, 2.05) is 0 Å². The Bertz CT molecular complexity index is 856. The Morgan fingerprint density at radius 1 is 1.15 bits per heavy atom. The molecule has 0 aliphatic carbocycles. The van der Waals surface area contributed by atoms with E-state index in [0.29, 0.717) is 29.1 Å². The van der Waals surface area contributed by atoms with E-state index in [0.717, 1.165) is 5.56 Å². The molecule has 2 amide bonds. The Labute approximate surface area is 157 Å². The summed E-state index contributed by atoms with van der Waals surface area (Å²) >= 11 is 0. The maximum atomic E-state index is 12.9. The van der Waals surface area contributed by atoms with Gasteiger partial charge < -0.3 is 15.2 Å². The second-order valence-corrected chi connectivity index (χ2v) is 6.40. The summed E-state index contributed by atoms with van der Waals surface area (Å²) in [6, 6.07) is 5.83. The predicted molar refractivity (Wildman–Crippen MR) is 100 cm³/mol. The number of halogens is 1. The van der Waals surface area contributed by atoms with Gasteiger partial charge in [-0.25, -0.2) is 4.39 Å². The number of hydrogen-bond acceptors (Lipinski definition) is 3. The Hall–Kier alpha value is -2.96. The van der Waals surface area contributed by atoms with E-state index in [1.165, 1.54) is 24.0 Å². The zero-order valence-corrected chi connectivity index (χ0v) is 16.0. The Morgan fingerprint density at radius 3 is 2.30 bits per heavy atom. The highest BCUT2D eigenvalue weighted by molar-refractivity contribution is 6.03. The van der Waals surface area contributed by atoms with Crippen LogP contribution in [0.3, 0.4) is 0 Å². The smallest absolute Gasteiger partial charge is 0.271 e. The van der Waals surface area contributed by atoms with Crippen molar-refractivity contribution in [3.8, 4) is 0 Å². The Balaban J connectivity index is 2.04. The third-order valence-electron chi connectivity index (χ3n) is 4.41. The van der Waals surface area contributed by atoms with Gasteiger partial charge in [0.2, 0.25) is 5.91 Å². The number of nitrogens with zero attached hydrogens (tertiary/aromatic N) is 1. The lowest BCUT2D eigenvalue weighted by Crippen LogP contribution is -2.40. The first kappa shape index (κ1) is 20.4. The summed E-state index contributed by atoms with van der Waals surface area (Å²) in [6.45, 7) is 7.18. The molecule has 0 aliphatic rings. The van der Waals surface area contributed by atoms with Crippen LogP contribution < -0.4 is 5.32 Å². The predicted octanol–water partition coefficient (Wildman–Crippen LogP) is 2.75. The van der Waals surface area contributed by atoms with Gasteiger partial charge in [0.15, 0.2) is 5.78 Å². The molecule has 1 aromatic carbocycles. The normalized spacial score (nSPS) is 10.6. The number of hydrogen-bond donors (Lipinski definition) is 2. The molecule has 2 rings (SSSR count). The number of H-pyrrole nitrogens is 1. The zero-order valence-electron chi connectivity index (χ0n) is 16.0. The fraction of sp³-hybridized carbons (Fsp3) is 0.350. The number of likely N-dealkylation sites (N-methyl/N-ethyl adjacent to an activating group) is 1. The number of carbonyl (C=O) groups is 3. The molecule has 1 aromatic heterocycles. The highest BCUT2D eigenvalue weighted by Gasteiger charge is 2.24. The molecular weight excluding hydrogens is 349 g/mol. The molecule has 0 saturated carbocycles. The van der Waals surface area contributed by atoms with Crippen molar-refractivity contribution in [1.29, 1.82) is 0 Å². The number of Topliss-reactive ketones (excluding diaryl/α,β-unsaturated/α-hetero) is 1. The van der Waals surface area contributed by atoms with Crippen LogP contribution in [-0.4, -0.2) is 40.6 Å². The van der Waals surface area contributed by atoms with Crippen LogP contribution >= 0.6 is 0 Å². The van der Waals surface area contributed by atoms with Gasteiger partial charge in [-0.15, -0.1) is 0 Å². The molecule has 7 heteroatoms. The first-order chi connectivity index (χ1) is 12.7. The minimum Gasteiger partial charge on any atom is -0.354 e. The van der Waals surface area contributed by atoms with Crippen LogP contribution in [0.15, 0.2) is 24.3 Å². The molecular formula is C20H24FN3O3. The molecule has 0 atom stereocenters. The van der Waals surface area contributed by atoms with Crippen molar-refractivity contribution in [3.05, 3.63) is 58.2 Å². The molecule has 0 spiro atoms. The van der Waals surface area contributed by atoms with Gasteiger partial charge in [-0.3, -0.25) is 14.4 Å². The highest BCUT2D eigenvalue weighted by Crippen LogP contribution is 2.20.